The van der Waals surface area contributed by atoms with Gasteiger partial charge in [0.25, 0.3) is 0 Å². The zero-order chi connectivity index (χ0) is 15.3. The number of aliphatic hydroxyl groups excluding tert-OH is 1. The van der Waals surface area contributed by atoms with E-state index in [0.29, 0.717) is 19.4 Å². The number of carbonyl (C=O) groups excluding carboxylic acids is 1. The standard InChI is InChI=1S/C18H29NO2/c1-2-3-4-5-6-10-14-18(21)19(15-11-16-20)17-12-8-7-9-13-17/h7-9,12-13,20H,2-6,10-11,14-16H2,1H3. The van der Waals surface area contributed by atoms with Gasteiger partial charge in [0.05, 0.1) is 0 Å². The van der Waals surface area contributed by atoms with Gasteiger partial charge in [0.15, 0.2) is 0 Å². The second-order valence-electron chi connectivity index (χ2n) is 5.48. The van der Waals surface area contributed by atoms with Crippen molar-refractivity contribution in [1.29, 1.82) is 0 Å². The molecule has 0 fully saturated rings. The monoisotopic (exact) mass is 291 g/mol. The van der Waals surface area contributed by atoms with Crippen LogP contribution in [0.4, 0.5) is 5.69 Å². The van der Waals surface area contributed by atoms with Crippen molar-refractivity contribution in [3.8, 4) is 0 Å². The Morgan fingerprint density at radius 2 is 1.67 bits per heavy atom. The normalized spacial score (nSPS) is 10.6. The number of hydrogen-bond donors (Lipinski definition) is 1. The number of anilines is 1. The van der Waals surface area contributed by atoms with Gasteiger partial charge >= 0.3 is 0 Å². The number of aliphatic hydroxyl groups is 1. The minimum atomic E-state index is 0.119. The van der Waals surface area contributed by atoms with Crippen molar-refractivity contribution >= 4 is 11.6 Å². The SMILES string of the molecule is CCCCCCCCC(=O)N(CCCO)c1ccccc1. The maximum absolute atomic E-state index is 12.4. The van der Waals surface area contributed by atoms with Gasteiger partial charge in [-0.25, -0.2) is 0 Å². The van der Waals surface area contributed by atoms with Crippen molar-refractivity contribution in [2.75, 3.05) is 18.1 Å². The topological polar surface area (TPSA) is 40.5 Å². The van der Waals surface area contributed by atoms with E-state index in [1.165, 1.54) is 25.7 Å². The molecule has 118 valence electrons. The van der Waals surface area contributed by atoms with E-state index in [9.17, 15) is 4.79 Å². The van der Waals surface area contributed by atoms with Crippen molar-refractivity contribution in [1.82, 2.24) is 0 Å². The molecule has 0 aliphatic carbocycles. The van der Waals surface area contributed by atoms with E-state index in [1.807, 2.05) is 35.2 Å². The molecule has 0 saturated heterocycles. The van der Waals surface area contributed by atoms with Crippen LogP contribution in [0.2, 0.25) is 0 Å². The first-order chi connectivity index (χ1) is 10.3. The van der Waals surface area contributed by atoms with Crippen molar-refractivity contribution in [3.63, 3.8) is 0 Å². The van der Waals surface area contributed by atoms with E-state index in [2.05, 4.69) is 6.92 Å². The Balaban J connectivity index is 2.41. The summed E-state index contributed by atoms with van der Waals surface area (Å²) in [4.78, 5) is 14.2. The van der Waals surface area contributed by atoms with Crippen LogP contribution in [-0.4, -0.2) is 24.2 Å². The van der Waals surface area contributed by atoms with E-state index >= 15 is 0 Å². The molecule has 21 heavy (non-hydrogen) atoms. The molecule has 0 aliphatic heterocycles. The first-order valence-electron chi connectivity index (χ1n) is 8.26. The fourth-order valence-electron chi connectivity index (χ4n) is 2.43. The summed E-state index contributed by atoms with van der Waals surface area (Å²) < 4.78 is 0. The molecule has 1 aromatic carbocycles. The molecule has 0 aromatic heterocycles. The molecule has 0 unspecified atom stereocenters. The average Bonchev–Trinajstić information content (AvgIpc) is 2.52. The number of amides is 1. The minimum absolute atomic E-state index is 0.119. The van der Waals surface area contributed by atoms with Gasteiger partial charge in [-0.3, -0.25) is 4.79 Å². The summed E-state index contributed by atoms with van der Waals surface area (Å²) in [6, 6.07) is 9.75. The number of hydrogen-bond acceptors (Lipinski definition) is 2. The Morgan fingerprint density at radius 1 is 1.00 bits per heavy atom. The number of rotatable bonds is 11. The number of benzene rings is 1. The van der Waals surface area contributed by atoms with E-state index in [1.54, 1.807) is 0 Å². The van der Waals surface area contributed by atoms with Crippen LogP contribution in [0.3, 0.4) is 0 Å². The second-order valence-corrected chi connectivity index (χ2v) is 5.48. The van der Waals surface area contributed by atoms with Crippen LogP contribution in [0.1, 0.15) is 58.3 Å². The van der Waals surface area contributed by atoms with Crippen LogP contribution in [0, 0.1) is 0 Å². The Kier molecular flexibility index (Phi) is 9.55. The molecule has 0 saturated carbocycles. The molecule has 3 nitrogen and oxygen atoms in total. The highest BCUT2D eigenvalue weighted by molar-refractivity contribution is 5.93. The van der Waals surface area contributed by atoms with Gasteiger partial charge in [0.2, 0.25) is 5.91 Å². The molecule has 1 rings (SSSR count). The predicted octanol–water partition coefficient (Wildman–Crippen LogP) is 4.15. The third kappa shape index (κ3) is 7.28. The average molecular weight is 291 g/mol. The molecular formula is C18H29NO2. The number of nitrogens with zero attached hydrogens (tertiary/aromatic N) is 1. The molecular weight excluding hydrogens is 262 g/mol. The van der Waals surface area contributed by atoms with Crippen LogP contribution in [0.25, 0.3) is 0 Å². The Hall–Kier alpha value is -1.35. The van der Waals surface area contributed by atoms with E-state index in [4.69, 9.17) is 5.11 Å². The molecule has 1 amide bonds. The zero-order valence-electron chi connectivity index (χ0n) is 13.3. The molecule has 0 bridgehead atoms. The summed E-state index contributed by atoms with van der Waals surface area (Å²) in [5.41, 5.74) is 0.932. The fraction of sp³-hybridized carbons (Fsp3) is 0.611. The second kappa shape index (κ2) is 11.3. The molecule has 1 N–H and O–H groups in total. The molecule has 3 heteroatoms. The Labute approximate surface area is 129 Å². The summed E-state index contributed by atoms with van der Waals surface area (Å²) in [7, 11) is 0. The van der Waals surface area contributed by atoms with Gasteiger partial charge in [0.1, 0.15) is 0 Å². The van der Waals surface area contributed by atoms with Gasteiger partial charge in [-0.05, 0) is 25.0 Å². The summed E-state index contributed by atoms with van der Waals surface area (Å²) in [6.45, 7) is 2.92. The lowest BCUT2D eigenvalue weighted by atomic mass is 10.1. The lowest BCUT2D eigenvalue weighted by molar-refractivity contribution is -0.118. The maximum atomic E-state index is 12.4. The molecule has 0 aliphatic rings. The van der Waals surface area contributed by atoms with Crippen LogP contribution in [0.5, 0.6) is 0 Å². The lowest BCUT2D eigenvalue weighted by Crippen LogP contribution is -2.32. The lowest BCUT2D eigenvalue weighted by Gasteiger charge is -2.22. The summed E-state index contributed by atoms with van der Waals surface area (Å²) >= 11 is 0. The fourth-order valence-corrected chi connectivity index (χ4v) is 2.43. The highest BCUT2D eigenvalue weighted by atomic mass is 16.3. The van der Waals surface area contributed by atoms with Gasteiger partial charge < -0.3 is 10.0 Å². The third-order valence-electron chi connectivity index (χ3n) is 3.65. The summed E-state index contributed by atoms with van der Waals surface area (Å²) in [5.74, 6) is 0.171. The zero-order valence-corrected chi connectivity index (χ0v) is 13.3. The number of para-hydroxylation sites is 1. The van der Waals surface area contributed by atoms with Crippen LogP contribution >= 0.6 is 0 Å². The van der Waals surface area contributed by atoms with Crippen molar-refractivity contribution in [2.45, 2.75) is 58.3 Å². The molecule has 0 heterocycles. The van der Waals surface area contributed by atoms with E-state index < -0.39 is 0 Å². The van der Waals surface area contributed by atoms with Gasteiger partial charge in [-0.1, -0.05) is 57.2 Å². The van der Waals surface area contributed by atoms with Crippen LogP contribution in [0.15, 0.2) is 30.3 Å². The smallest absolute Gasteiger partial charge is 0.226 e. The van der Waals surface area contributed by atoms with Gasteiger partial charge in [0, 0.05) is 25.3 Å². The number of carbonyl (C=O) groups is 1. The molecule has 0 atom stereocenters. The van der Waals surface area contributed by atoms with Gasteiger partial charge in [-0.15, -0.1) is 0 Å². The largest absolute Gasteiger partial charge is 0.396 e. The van der Waals surface area contributed by atoms with E-state index in [-0.39, 0.29) is 12.5 Å². The number of unbranched alkanes of at least 4 members (excludes halogenated alkanes) is 5. The predicted molar refractivity (Wildman–Crippen MR) is 88.5 cm³/mol. The van der Waals surface area contributed by atoms with Crippen molar-refractivity contribution in [3.05, 3.63) is 30.3 Å². The molecule has 0 radical (unpaired) electrons. The summed E-state index contributed by atoms with van der Waals surface area (Å²) in [6.07, 6.45) is 8.37. The third-order valence-corrected chi connectivity index (χ3v) is 3.65. The first-order valence-corrected chi connectivity index (χ1v) is 8.26. The quantitative estimate of drug-likeness (QED) is 0.622. The molecule has 1 aromatic rings. The summed E-state index contributed by atoms with van der Waals surface area (Å²) in [5, 5.41) is 9.00. The van der Waals surface area contributed by atoms with Crippen molar-refractivity contribution < 1.29 is 9.90 Å². The van der Waals surface area contributed by atoms with Crippen LogP contribution < -0.4 is 4.90 Å². The maximum Gasteiger partial charge on any atom is 0.226 e. The highest BCUT2D eigenvalue weighted by Crippen LogP contribution is 2.16. The van der Waals surface area contributed by atoms with E-state index in [0.717, 1.165) is 18.5 Å². The minimum Gasteiger partial charge on any atom is -0.396 e. The van der Waals surface area contributed by atoms with Crippen molar-refractivity contribution in [2.24, 2.45) is 0 Å². The highest BCUT2D eigenvalue weighted by Gasteiger charge is 2.14. The Bertz CT molecular complexity index is 378. The Morgan fingerprint density at radius 3 is 2.33 bits per heavy atom. The molecule has 0 spiro atoms. The van der Waals surface area contributed by atoms with Crippen LogP contribution in [-0.2, 0) is 4.79 Å². The van der Waals surface area contributed by atoms with Gasteiger partial charge in [-0.2, -0.15) is 0 Å². The first kappa shape index (κ1) is 17.7.